The summed E-state index contributed by atoms with van der Waals surface area (Å²) in [7, 11) is 10.2. The third-order valence-electron chi connectivity index (χ3n) is 9.73. The van der Waals surface area contributed by atoms with E-state index in [-0.39, 0.29) is 51.4 Å². The SMILES string of the molecule is C=C/C(C)=C/[CH-]CS[CH-]C(CC)CCCCC(CC(=C)CN(C)C(=C)CN(C)C)C(C)(C)C.C=CCN(C)C(=C)CNC.CC.CC.CC1=CC=C(C)CC1.CCC.CCCC.[K+]. The molecule has 0 saturated carbocycles. The fraction of sp³-hybridized carbons (Fsp3) is 0.684. The molecular weight excluding hydrogens is 812 g/mol. The van der Waals surface area contributed by atoms with Gasteiger partial charge in [0.05, 0.1) is 0 Å². The zero-order valence-corrected chi connectivity index (χ0v) is 50.7. The van der Waals surface area contributed by atoms with Gasteiger partial charge in [-0.3, -0.25) is 5.75 Å². The molecule has 0 radical (unpaired) electrons. The van der Waals surface area contributed by atoms with Crippen molar-refractivity contribution in [2.24, 2.45) is 17.3 Å². The molecule has 0 aromatic heterocycles. The number of nitrogens with zero attached hydrogens (tertiary/aromatic N) is 3. The second-order valence-electron chi connectivity index (χ2n) is 17.4. The molecule has 2 atom stereocenters. The minimum atomic E-state index is 0. The molecule has 0 aromatic carbocycles. The monoisotopic (exact) mass is 924 g/mol. The molecule has 2 unspecified atom stereocenters. The van der Waals surface area contributed by atoms with Gasteiger partial charge in [-0.2, -0.15) is 11.5 Å². The van der Waals surface area contributed by atoms with Crippen molar-refractivity contribution in [2.45, 2.75) is 174 Å². The third-order valence-corrected chi connectivity index (χ3v) is 10.7. The summed E-state index contributed by atoms with van der Waals surface area (Å²) in [5, 5.41) is 3.03. The Kier molecular flexibility index (Phi) is 67.6. The molecule has 1 aliphatic rings. The van der Waals surface area contributed by atoms with E-state index in [1.165, 1.54) is 86.5 Å². The smallest absolute Gasteiger partial charge is 0.374 e. The maximum absolute atomic E-state index is 4.43. The Balaban J connectivity index is -0.000000168. The van der Waals surface area contributed by atoms with Crippen molar-refractivity contribution in [1.82, 2.24) is 20.0 Å². The van der Waals surface area contributed by atoms with Crippen molar-refractivity contribution in [3.05, 3.63) is 109 Å². The Morgan fingerprint density at radius 2 is 1.32 bits per heavy atom. The molecular formula is C57H112KN4S-. The Hall–Kier alpha value is -0.704. The molecule has 1 rings (SSSR count). The van der Waals surface area contributed by atoms with E-state index in [1.807, 2.05) is 65.7 Å². The Morgan fingerprint density at radius 1 is 0.825 bits per heavy atom. The quantitative estimate of drug-likeness (QED) is 0.0323. The topological polar surface area (TPSA) is 21.8 Å². The van der Waals surface area contributed by atoms with Crippen molar-refractivity contribution >= 4 is 11.8 Å². The van der Waals surface area contributed by atoms with Gasteiger partial charge in [0.1, 0.15) is 0 Å². The first-order valence-corrected chi connectivity index (χ1v) is 25.5. The minimum absolute atomic E-state index is 0. The Morgan fingerprint density at radius 3 is 1.70 bits per heavy atom. The van der Waals surface area contributed by atoms with E-state index in [0.717, 1.165) is 49.7 Å². The van der Waals surface area contributed by atoms with Gasteiger partial charge >= 0.3 is 51.4 Å². The first-order chi connectivity index (χ1) is 29.2. The number of thioether (sulfide) groups is 1. The van der Waals surface area contributed by atoms with Crippen LogP contribution in [0, 0.1) is 29.4 Å². The average molecular weight is 925 g/mol. The molecule has 0 aromatic rings. The van der Waals surface area contributed by atoms with E-state index in [1.54, 1.807) is 0 Å². The second-order valence-corrected chi connectivity index (χ2v) is 18.4. The summed E-state index contributed by atoms with van der Waals surface area (Å²) in [6.07, 6.45) is 26.5. The van der Waals surface area contributed by atoms with Crippen LogP contribution in [0.5, 0.6) is 0 Å². The molecule has 6 heteroatoms. The van der Waals surface area contributed by atoms with Crippen LogP contribution in [0.25, 0.3) is 0 Å². The average Bonchev–Trinajstić information content (AvgIpc) is 3.23. The third kappa shape index (κ3) is 57.4. The summed E-state index contributed by atoms with van der Waals surface area (Å²) in [5.74, 6) is 4.90. The fourth-order valence-corrected chi connectivity index (χ4v) is 6.33. The summed E-state index contributed by atoms with van der Waals surface area (Å²) in [4.78, 5) is 6.48. The van der Waals surface area contributed by atoms with E-state index in [4.69, 9.17) is 0 Å². The van der Waals surface area contributed by atoms with Crippen LogP contribution >= 0.6 is 11.8 Å². The number of allylic oxidation sites excluding steroid dienone is 7. The van der Waals surface area contributed by atoms with Crippen LogP contribution in [-0.4, -0.2) is 81.9 Å². The minimum Gasteiger partial charge on any atom is -0.374 e. The van der Waals surface area contributed by atoms with Crippen LogP contribution < -0.4 is 56.7 Å². The Labute approximate surface area is 447 Å². The molecule has 0 amide bonds. The molecule has 1 N–H and O–H groups in total. The van der Waals surface area contributed by atoms with E-state index >= 15 is 0 Å². The van der Waals surface area contributed by atoms with E-state index in [9.17, 15) is 0 Å². The van der Waals surface area contributed by atoms with Crippen molar-refractivity contribution in [1.29, 1.82) is 0 Å². The number of unbranched alkanes of at least 4 members (excludes halogenated alkanes) is 2. The molecule has 0 spiro atoms. The van der Waals surface area contributed by atoms with Crippen molar-refractivity contribution in [2.75, 3.05) is 67.2 Å². The summed E-state index contributed by atoms with van der Waals surface area (Å²) in [5.41, 5.74) is 8.11. The summed E-state index contributed by atoms with van der Waals surface area (Å²) in [6, 6.07) is 0. The standard InChI is InChI=1S/C30H54N2S.C8H16N2.C8H12.C4H10.C3H8.2C2H6.K/c1-12-25(3)17-16-20-33-24-28(13-2)18-14-15-19-29(30(6,7)8)21-26(4)22-32(11)27(5)23-31(9)10;1-5-6-10(4)8(2)7-9-3;1-7-3-5-8(2)6-4-7;1-3-4-2;1-3-2;2*1-2;/h12,16-17,24,28-29H,1,4-5,13-15,18-23H2,2-3,6-11H3;5,9H,1-2,6-7H2,3-4H3;3,5H,4,6H2,1-2H3;3-4H2,1-2H3;3H2,1-2H3;2*1-2H3;/q-2;;;;;;;+1/b25-17+;;;;;;;. The Bertz CT molecular complexity index is 1120. The van der Waals surface area contributed by atoms with Crippen LogP contribution in [0.4, 0.5) is 0 Å². The van der Waals surface area contributed by atoms with Crippen molar-refractivity contribution in [3.8, 4) is 0 Å². The fourth-order valence-electron chi connectivity index (χ4n) is 5.41. The van der Waals surface area contributed by atoms with Gasteiger partial charge in [0.25, 0.3) is 0 Å². The summed E-state index contributed by atoms with van der Waals surface area (Å²) >= 11 is 1.94. The van der Waals surface area contributed by atoms with Gasteiger partial charge in [0.15, 0.2) is 0 Å². The summed E-state index contributed by atoms with van der Waals surface area (Å²) < 4.78 is 0. The summed E-state index contributed by atoms with van der Waals surface area (Å²) in [6.45, 7) is 56.0. The van der Waals surface area contributed by atoms with Crippen LogP contribution in [-0.2, 0) is 0 Å². The van der Waals surface area contributed by atoms with Crippen LogP contribution in [0.2, 0.25) is 0 Å². The van der Waals surface area contributed by atoms with E-state index in [0.29, 0.717) is 17.3 Å². The number of hydrogen-bond acceptors (Lipinski definition) is 5. The van der Waals surface area contributed by atoms with E-state index in [2.05, 4.69) is 181 Å². The zero-order valence-electron chi connectivity index (χ0n) is 46.8. The number of likely N-dealkylation sites (N-methyl/N-ethyl adjacent to an activating group) is 4. The van der Waals surface area contributed by atoms with E-state index < -0.39 is 0 Å². The van der Waals surface area contributed by atoms with Gasteiger partial charge in [-0.1, -0.05) is 188 Å². The first-order valence-electron chi connectivity index (χ1n) is 24.5. The van der Waals surface area contributed by atoms with Crippen LogP contribution in [0.15, 0.2) is 97.0 Å². The first kappa shape index (κ1) is 76.5. The van der Waals surface area contributed by atoms with Gasteiger partial charge in [0.2, 0.25) is 0 Å². The molecule has 0 fully saturated rings. The molecule has 0 bridgehead atoms. The predicted molar refractivity (Wildman–Crippen MR) is 296 cm³/mol. The maximum atomic E-state index is 4.43. The number of hydrogen-bond donors (Lipinski definition) is 1. The zero-order chi connectivity index (χ0) is 49.5. The van der Waals surface area contributed by atoms with Crippen molar-refractivity contribution in [3.63, 3.8) is 0 Å². The van der Waals surface area contributed by atoms with Crippen LogP contribution in [0.3, 0.4) is 0 Å². The maximum Gasteiger partial charge on any atom is 1.00 e. The number of nitrogens with one attached hydrogen (secondary N) is 1. The molecule has 63 heavy (non-hydrogen) atoms. The van der Waals surface area contributed by atoms with Gasteiger partial charge in [-0.15, -0.1) is 26.2 Å². The van der Waals surface area contributed by atoms with Crippen LogP contribution in [0.1, 0.15) is 174 Å². The molecule has 4 nitrogen and oxygen atoms in total. The van der Waals surface area contributed by atoms with Gasteiger partial charge in [-0.25, -0.2) is 12.5 Å². The van der Waals surface area contributed by atoms with Crippen molar-refractivity contribution < 1.29 is 51.4 Å². The molecule has 0 aliphatic heterocycles. The molecule has 0 heterocycles. The molecule has 0 saturated heterocycles. The molecule has 368 valence electrons. The van der Waals surface area contributed by atoms with Gasteiger partial charge in [0, 0.05) is 51.7 Å². The van der Waals surface area contributed by atoms with Gasteiger partial charge < -0.3 is 31.8 Å². The molecule has 1 aliphatic carbocycles. The van der Waals surface area contributed by atoms with Gasteiger partial charge in [-0.05, 0) is 72.0 Å². The second kappa shape index (κ2) is 55.6. The normalized spacial score (nSPS) is 12.3. The number of rotatable bonds is 25. The largest absolute Gasteiger partial charge is 1.00 e. The predicted octanol–water partition coefficient (Wildman–Crippen LogP) is 14.2.